The molecule has 4 heteroatoms. The molecule has 0 saturated carbocycles. The molecular weight excluding hydrogens is 334 g/mol. The highest BCUT2D eigenvalue weighted by Gasteiger charge is 2.13. The summed E-state index contributed by atoms with van der Waals surface area (Å²) < 4.78 is 5.29. The molecule has 0 aromatic heterocycles. The zero-order valence-corrected chi connectivity index (χ0v) is 16.3. The van der Waals surface area contributed by atoms with Crippen molar-refractivity contribution in [3.63, 3.8) is 0 Å². The van der Waals surface area contributed by atoms with Gasteiger partial charge in [-0.1, -0.05) is 56.6 Å². The quantitative estimate of drug-likeness (QED) is 0.762. The van der Waals surface area contributed by atoms with E-state index in [1.165, 1.54) is 5.56 Å². The van der Waals surface area contributed by atoms with Crippen molar-refractivity contribution in [3.05, 3.63) is 58.1 Å². The first-order valence-electron chi connectivity index (χ1n) is 8.44. The van der Waals surface area contributed by atoms with E-state index in [0.717, 1.165) is 11.1 Å². The van der Waals surface area contributed by atoms with E-state index in [0.29, 0.717) is 29.3 Å². The number of nitrogens with one attached hydrogen (secondary N) is 1. The lowest BCUT2D eigenvalue weighted by molar-refractivity contribution is -0.116. The van der Waals surface area contributed by atoms with E-state index >= 15 is 0 Å². The first kappa shape index (κ1) is 19.3. The van der Waals surface area contributed by atoms with E-state index in [9.17, 15) is 4.79 Å². The van der Waals surface area contributed by atoms with Crippen LogP contribution < -0.4 is 10.1 Å². The van der Waals surface area contributed by atoms with Crippen LogP contribution in [0.3, 0.4) is 0 Å². The van der Waals surface area contributed by atoms with Crippen molar-refractivity contribution in [2.75, 3.05) is 12.4 Å². The number of hydrogen-bond acceptors (Lipinski definition) is 2. The summed E-state index contributed by atoms with van der Waals surface area (Å²) in [5, 5.41) is 3.53. The van der Waals surface area contributed by atoms with Gasteiger partial charge in [0.2, 0.25) is 5.91 Å². The smallest absolute Gasteiger partial charge is 0.224 e. The molecule has 0 atom stereocenters. The van der Waals surface area contributed by atoms with Gasteiger partial charge in [-0.3, -0.25) is 4.79 Å². The summed E-state index contributed by atoms with van der Waals surface area (Å²) in [5.41, 5.74) is 4.14. The number of ether oxygens (including phenoxy) is 1. The van der Waals surface area contributed by atoms with Crippen molar-refractivity contribution in [2.24, 2.45) is 0 Å². The summed E-state index contributed by atoms with van der Waals surface area (Å²) >= 11 is 6.09. The van der Waals surface area contributed by atoms with E-state index in [1.807, 2.05) is 13.0 Å². The van der Waals surface area contributed by atoms with Gasteiger partial charge in [0, 0.05) is 17.5 Å². The minimum atomic E-state index is -0.0417. The van der Waals surface area contributed by atoms with Crippen LogP contribution in [0.5, 0.6) is 5.75 Å². The molecule has 0 unspecified atom stereocenters. The fraction of sp³-hybridized carbons (Fsp3) is 0.381. The Balaban J connectivity index is 1.98. The minimum absolute atomic E-state index is 0.0417. The van der Waals surface area contributed by atoms with Crippen LogP contribution in [0.2, 0.25) is 5.02 Å². The molecule has 2 aromatic carbocycles. The maximum Gasteiger partial charge on any atom is 0.224 e. The molecular formula is C21H26ClNO2. The molecule has 0 aliphatic heterocycles. The number of amides is 1. The average Bonchev–Trinajstić information content (AvgIpc) is 2.55. The van der Waals surface area contributed by atoms with Crippen LogP contribution in [0, 0.1) is 6.92 Å². The molecule has 0 aliphatic rings. The zero-order valence-electron chi connectivity index (χ0n) is 15.6. The molecule has 0 radical (unpaired) electrons. The van der Waals surface area contributed by atoms with Crippen LogP contribution in [-0.2, 0) is 16.6 Å². The van der Waals surface area contributed by atoms with Crippen molar-refractivity contribution >= 4 is 23.2 Å². The van der Waals surface area contributed by atoms with Crippen LogP contribution >= 0.6 is 11.6 Å². The topological polar surface area (TPSA) is 38.3 Å². The number of anilines is 1. The highest BCUT2D eigenvalue weighted by molar-refractivity contribution is 6.31. The Morgan fingerprint density at radius 3 is 2.36 bits per heavy atom. The van der Waals surface area contributed by atoms with Crippen LogP contribution in [0.25, 0.3) is 0 Å². The molecule has 134 valence electrons. The predicted molar refractivity (Wildman–Crippen MR) is 105 cm³/mol. The van der Waals surface area contributed by atoms with Gasteiger partial charge in [-0.25, -0.2) is 0 Å². The summed E-state index contributed by atoms with van der Waals surface area (Å²) in [6.07, 6.45) is 1.12. The molecule has 0 bridgehead atoms. The summed E-state index contributed by atoms with van der Waals surface area (Å²) in [6, 6.07) is 12.0. The lowest BCUT2D eigenvalue weighted by atomic mass is 9.86. The second-order valence-electron chi connectivity index (χ2n) is 7.30. The largest absolute Gasteiger partial charge is 0.495 e. The molecule has 1 N–H and O–H groups in total. The Hall–Kier alpha value is -2.00. The minimum Gasteiger partial charge on any atom is -0.495 e. The molecule has 0 fully saturated rings. The van der Waals surface area contributed by atoms with Gasteiger partial charge in [0.1, 0.15) is 5.75 Å². The van der Waals surface area contributed by atoms with Gasteiger partial charge in [-0.05, 0) is 41.5 Å². The van der Waals surface area contributed by atoms with Crippen molar-refractivity contribution < 1.29 is 9.53 Å². The van der Waals surface area contributed by atoms with Crippen LogP contribution in [0.15, 0.2) is 36.4 Å². The van der Waals surface area contributed by atoms with E-state index in [-0.39, 0.29) is 11.3 Å². The Labute approximate surface area is 155 Å². The fourth-order valence-electron chi connectivity index (χ4n) is 2.57. The predicted octanol–water partition coefficient (Wildman–Crippen LogP) is 5.53. The molecule has 2 aromatic rings. The Morgan fingerprint density at radius 1 is 1.16 bits per heavy atom. The number of rotatable bonds is 5. The highest BCUT2D eigenvalue weighted by Crippen LogP contribution is 2.31. The summed E-state index contributed by atoms with van der Waals surface area (Å²) in [6.45, 7) is 8.47. The maximum absolute atomic E-state index is 12.3. The van der Waals surface area contributed by atoms with E-state index < -0.39 is 0 Å². The summed E-state index contributed by atoms with van der Waals surface area (Å²) in [4.78, 5) is 12.3. The van der Waals surface area contributed by atoms with Gasteiger partial charge in [-0.2, -0.15) is 0 Å². The van der Waals surface area contributed by atoms with Crippen molar-refractivity contribution in [3.8, 4) is 5.75 Å². The molecule has 0 aliphatic carbocycles. The Bertz CT molecular complexity index is 746. The first-order valence-corrected chi connectivity index (χ1v) is 8.82. The lowest BCUT2D eigenvalue weighted by Crippen LogP contribution is -2.14. The zero-order chi connectivity index (χ0) is 18.6. The van der Waals surface area contributed by atoms with Crippen LogP contribution in [-0.4, -0.2) is 13.0 Å². The van der Waals surface area contributed by atoms with Crippen molar-refractivity contribution in [1.82, 2.24) is 0 Å². The Morgan fingerprint density at radius 2 is 1.80 bits per heavy atom. The molecule has 2 rings (SSSR count). The monoisotopic (exact) mass is 359 g/mol. The van der Waals surface area contributed by atoms with Crippen molar-refractivity contribution in [1.29, 1.82) is 0 Å². The number of aryl methyl sites for hydroxylation is 2. The van der Waals surface area contributed by atoms with E-state index in [1.54, 1.807) is 13.2 Å². The molecule has 25 heavy (non-hydrogen) atoms. The lowest BCUT2D eigenvalue weighted by Gasteiger charge is -2.19. The number of halogens is 1. The van der Waals surface area contributed by atoms with E-state index in [4.69, 9.17) is 16.3 Å². The molecule has 0 heterocycles. The van der Waals surface area contributed by atoms with Gasteiger partial charge >= 0.3 is 0 Å². The summed E-state index contributed by atoms with van der Waals surface area (Å²) in [7, 11) is 1.56. The standard InChI is InChI=1S/C21H26ClNO2/c1-14-12-18(19(25-5)13-17(14)22)23-20(24)11-8-15-6-9-16(10-7-15)21(2,3)4/h6-7,9-10,12-13H,8,11H2,1-5H3,(H,23,24). The Kier molecular flexibility index (Phi) is 6.12. The van der Waals surface area contributed by atoms with E-state index in [2.05, 4.69) is 50.4 Å². The number of methoxy groups -OCH3 is 1. The number of hydrogen-bond donors (Lipinski definition) is 1. The second kappa shape index (κ2) is 7.92. The van der Waals surface area contributed by atoms with Gasteiger partial charge < -0.3 is 10.1 Å². The molecule has 0 spiro atoms. The maximum atomic E-state index is 12.3. The third-order valence-electron chi connectivity index (χ3n) is 4.22. The first-order chi connectivity index (χ1) is 11.7. The van der Waals surface area contributed by atoms with Gasteiger partial charge in [-0.15, -0.1) is 0 Å². The van der Waals surface area contributed by atoms with Crippen LogP contribution in [0.1, 0.15) is 43.9 Å². The van der Waals surface area contributed by atoms with Crippen molar-refractivity contribution in [2.45, 2.75) is 46.0 Å². The molecule has 1 amide bonds. The third-order valence-corrected chi connectivity index (χ3v) is 4.62. The van der Waals surface area contributed by atoms with Gasteiger partial charge in [0.05, 0.1) is 12.8 Å². The SMILES string of the molecule is COc1cc(Cl)c(C)cc1NC(=O)CCc1ccc(C(C)(C)C)cc1. The molecule has 0 saturated heterocycles. The number of benzene rings is 2. The normalized spacial score (nSPS) is 11.3. The van der Waals surface area contributed by atoms with Gasteiger partial charge in [0.25, 0.3) is 0 Å². The number of carbonyl (C=O) groups is 1. The molecule has 3 nitrogen and oxygen atoms in total. The highest BCUT2D eigenvalue weighted by atomic mass is 35.5. The fourth-order valence-corrected chi connectivity index (χ4v) is 2.73. The number of carbonyl (C=O) groups excluding carboxylic acids is 1. The average molecular weight is 360 g/mol. The second-order valence-corrected chi connectivity index (χ2v) is 7.70. The van der Waals surface area contributed by atoms with Gasteiger partial charge in [0.15, 0.2) is 0 Å². The van der Waals surface area contributed by atoms with Crippen LogP contribution in [0.4, 0.5) is 5.69 Å². The third kappa shape index (κ3) is 5.23. The summed E-state index contributed by atoms with van der Waals surface area (Å²) in [5.74, 6) is 0.526.